The van der Waals surface area contributed by atoms with E-state index < -0.39 is 28.5 Å². The highest BCUT2D eigenvalue weighted by Crippen LogP contribution is 2.37. The molecule has 3 rings (SSSR count). The van der Waals surface area contributed by atoms with E-state index >= 15 is 0 Å². The molecule has 0 saturated carbocycles. The Kier molecular flexibility index (Phi) is 6.72. The van der Waals surface area contributed by atoms with Gasteiger partial charge in [0.2, 0.25) is 11.7 Å². The van der Waals surface area contributed by atoms with E-state index in [2.05, 4.69) is 5.32 Å². The van der Waals surface area contributed by atoms with Crippen LogP contribution in [0.3, 0.4) is 0 Å². The maximum Gasteiger partial charge on any atom is 0.346 e. The van der Waals surface area contributed by atoms with Crippen LogP contribution in [-0.4, -0.2) is 41.9 Å². The number of amides is 1. The smallest absolute Gasteiger partial charge is 0.346 e. The van der Waals surface area contributed by atoms with E-state index in [1.807, 2.05) is 0 Å². The summed E-state index contributed by atoms with van der Waals surface area (Å²) in [5.41, 5.74) is -0.0730. The van der Waals surface area contributed by atoms with Gasteiger partial charge in [-0.05, 0) is 31.2 Å². The van der Waals surface area contributed by atoms with Gasteiger partial charge >= 0.3 is 5.97 Å². The van der Waals surface area contributed by atoms with Gasteiger partial charge < -0.3 is 19.5 Å². The zero-order chi connectivity index (χ0) is 23.4. The van der Waals surface area contributed by atoms with Gasteiger partial charge in [-0.15, -0.1) is 0 Å². The van der Waals surface area contributed by atoms with Crippen molar-refractivity contribution in [1.29, 1.82) is 0 Å². The maximum atomic E-state index is 12.7. The van der Waals surface area contributed by atoms with Crippen LogP contribution < -0.4 is 14.8 Å². The lowest BCUT2D eigenvalue weighted by atomic mass is 10.1. The summed E-state index contributed by atoms with van der Waals surface area (Å²) in [5.74, 6) is -1.54. The Morgan fingerprint density at radius 2 is 1.62 bits per heavy atom. The summed E-state index contributed by atoms with van der Waals surface area (Å²) in [6, 6.07) is 8.39. The number of rotatable bonds is 7. The van der Waals surface area contributed by atoms with Crippen LogP contribution in [0.1, 0.15) is 41.5 Å². The molecule has 10 heteroatoms. The molecule has 1 aliphatic heterocycles. The molecule has 0 aliphatic carbocycles. The molecule has 0 aromatic heterocycles. The first-order valence-electron chi connectivity index (χ1n) is 9.91. The third-order valence-electron chi connectivity index (χ3n) is 4.69. The lowest BCUT2D eigenvalue weighted by molar-refractivity contribution is -0.385. The maximum absolute atomic E-state index is 12.7. The van der Waals surface area contributed by atoms with Crippen LogP contribution in [0.5, 0.6) is 11.5 Å². The Hall–Kier alpha value is -3.95. The molecule has 0 radical (unpaired) electrons. The second kappa shape index (κ2) is 9.46. The van der Waals surface area contributed by atoms with E-state index in [0.29, 0.717) is 5.69 Å². The zero-order valence-electron chi connectivity index (χ0n) is 17.7. The first kappa shape index (κ1) is 22.7. The fraction of sp³-hybridized carbons (Fsp3) is 0.318. The second-order valence-electron chi connectivity index (χ2n) is 7.40. The summed E-state index contributed by atoms with van der Waals surface area (Å²) in [6.07, 6.45) is -1.20. The first-order valence-corrected chi connectivity index (χ1v) is 9.91. The SMILES string of the molecule is CC(C)C(=O)Nc1ccc(C(=O)C(C)OC(=O)c2cc3c(cc2[N+](=O)[O-])OCCO3)cc1. The summed E-state index contributed by atoms with van der Waals surface area (Å²) in [6.45, 7) is 5.37. The van der Waals surface area contributed by atoms with Gasteiger partial charge in [-0.25, -0.2) is 4.79 Å². The lowest BCUT2D eigenvalue weighted by Gasteiger charge is -2.19. The van der Waals surface area contributed by atoms with E-state index in [4.69, 9.17) is 14.2 Å². The number of hydrogen-bond acceptors (Lipinski definition) is 8. The minimum atomic E-state index is -1.20. The van der Waals surface area contributed by atoms with E-state index in [0.717, 1.165) is 6.07 Å². The van der Waals surface area contributed by atoms with Crippen LogP contribution in [0.2, 0.25) is 0 Å². The Bertz CT molecular complexity index is 1060. The average molecular weight is 442 g/mol. The van der Waals surface area contributed by atoms with Gasteiger partial charge in [0.05, 0.1) is 11.0 Å². The van der Waals surface area contributed by atoms with Crippen LogP contribution in [0, 0.1) is 16.0 Å². The molecule has 32 heavy (non-hydrogen) atoms. The van der Waals surface area contributed by atoms with Crippen molar-refractivity contribution in [2.75, 3.05) is 18.5 Å². The molecule has 1 aliphatic rings. The summed E-state index contributed by atoms with van der Waals surface area (Å²) in [7, 11) is 0. The van der Waals surface area contributed by atoms with Crippen LogP contribution in [-0.2, 0) is 9.53 Å². The molecule has 1 heterocycles. The highest BCUT2D eigenvalue weighted by atomic mass is 16.6. The number of fused-ring (bicyclic) bond motifs is 1. The summed E-state index contributed by atoms with van der Waals surface area (Å²) in [5, 5.41) is 14.1. The number of esters is 1. The minimum absolute atomic E-state index is 0.160. The van der Waals surface area contributed by atoms with E-state index in [-0.39, 0.29) is 47.7 Å². The normalized spacial score (nSPS) is 13.2. The number of nitro groups is 1. The highest BCUT2D eigenvalue weighted by molar-refractivity contribution is 6.03. The van der Waals surface area contributed by atoms with Crippen molar-refractivity contribution >= 4 is 29.0 Å². The predicted molar refractivity (Wildman–Crippen MR) is 113 cm³/mol. The molecule has 1 atom stereocenters. The number of benzene rings is 2. The number of carbonyl (C=O) groups is 3. The molecular weight excluding hydrogens is 420 g/mol. The van der Waals surface area contributed by atoms with E-state index in [9.17, 15) is 24.5 Å². The molecule has 0 spiro atoms. The molecular formula is C22H22N2O8. The highest BCUT2D eigenvalue weighted by Gasteiger charge is 2.29. The lowest BCUT2D eigenvalue weighted by Crippen LogP contribution is -2.25. The number of ether oxygens (including phenoxy) is 3. The molecule has 2 aromatic carbocycles. The largest absolute Gasteiger partial charge is 0.486 e. The Morgan fingerprint density at radius 3 is 2.19 bits per heavy atom. The van der Waals surface area contributed by atoms with Crippen molar-refractivity contribution in [2.45, 2.75) is 26.9 Å². The van der Waals surface area contributed by atoms with Gasteiger partial charge in [0.25, 0.3) is 5.69 Å². The fourth-order valence-corrected chi connectivity index (χ4v) is 2.91. The van der Waals surface area contributed by atoms with Crippen molar-refractivity contribution in [1.82, 2.24) is 0 Å². The van der Waals surface area contributed by atoms with E-state index in [1.54, 1.807) is 26.0 Å². The number of nitrogens with one attached hydrogen (secondary N) is 1. The first-order chi connectivity index (χ1) is 15.2. The predicted octanol–water partition coefficient (Wildman–Crippen LogP) is 3.39. The third kappa shape index (κ3) is 5.02. The molecule has 2 aromatic rings. The van der Waals surface area contributed by atoms with Crippen molar-refractivity contribution in [3.05, 3.63) is 57.6 Å². The topological polar surface area (TPSA) is 134 Å². The Balaban J connectivity index is 1.73. The van der Waals surface area contributed by atoms with Gasteiger partial charge in [-0.3, -0.25) is 19.7 Å². The molecule has 1 amide bonds. The molecule has 1 N–H and O–H groups in total. The van der Waals surface area contributed by atoms with Crippen LogP contribution >= 0.6 is 0 Å². The number of carbonyl (C=O) groups excluding carboxylic acids is 3. The van der Waals surface area contributed by atoms with Crippen molar-refractivity contribution < 1.29 is 33.5 Å². The van der Waals surface area contributed by atoms with Gasteiger partial charge in [0.15, 0.2) is 17.6 Å². The van der Waals surface area contributed by atoms with Gasteiger partial charge in [0, 0.05) is 23.2 Å². The quantitative estimate of drug-likeness (QED) is 0.298. The monoisotopic (exact) mass is 442 g/mol. The van der Waals surface area contributed by atoms with Gasteiger partial charge in [-0.1, -0.05) is 13.8 Å². The van der Waals surface area contributed by atoms with Crippen LogP contribution in [0.15, 0.2) is 36.4 Å². The Morgan fingerprint density at radius 1 is 1.03 bits per heavy atom. The summed E-state index contributed by atoms with van der Waals surface area (Å²) in [4.78, 5) is 47.7. The third-order valence-corrected chi connectivity index (χ3v) is 4.69. The van der Waals surface area contributed by atoms with E-state index in [1.165, 1.54) is 25.1 Å². The zero-order valence-corrected chi connectivity index (χ0v) is 17.7. The molecule has 0 bridgehead atoms. The number of Topliss-reactive ketones (excluding diaryl/α,β-unsaturated/α-hetero) is 1. The van der Waals surface area contributed by atoms with Crippen LogP contribution in [0.4, 0.5) is 11.4 Å². The number of anilines is 1. The van der Waals surface area contributed by atoms with Gasteiger partial charge in [0.1, 0.15) is 18.8 Å². The molecule has 0 saturated heterocycles. The average Bonchev–Trinajstić information content (AvgIpc) is 2.77. The molecule has 1 unspecified atom stereocenters. The van der Waals surface area contributed by atoms with Crippen molar-refractivity contribution in [3.8, 4) is 11.5 Å². The molecule has 0 fully saturated rings. The summed E-state index contributed by atoms with van der Waals surface area (Å²) < 4.78 is 15.9. The van der Waals surface area contributed by atoms with Crippen molar-refractivity contribution in [3.63, 3.8) is 0 Å². The number of ketones is 1. The number of hydrogen-bond donors (Lipinski definition) is 1. The second-order valence-corrected chi connectivity index (χ2v) is 7.40. The van der Waals surface area contributed by atoms with Gasteiger partial charge in [-0.2, -0.15) is 0 Å². The number of nitrogens with zero attached hydrogens (tertiary/aromatic N) is 1. The standard InChI is InChI=1S/C22H22N2O8/c1-12(2)21(26)23-15-6-4-14(5-7-15)20(25)13(3)32-22(27)16-10-18-19(31-9-8-30-18)11-17(16)24(28)29/h4-7,10-13H,8-9H2,1-3H3,(H,23,26). The summed E-state index contributed by atoms with van der Waals surface area (Å²) >= 11 is 0. The minimum Gasteiger partial charge on any atom is -0.486 e. The fourth-order valence-electron chi connectivity index (χ4n) is 2.91. The molecule has 168 valence electrons. The van der Waals surface area contributed by atoms with Crippen LogP contribution in [0.25, 0.3) is 0 Å². The van der Waals surface area contributed by atoms with Crippen molar-refractivity contribution in [2.24, 2.45) is 5.92 Å². The number of nitro benzene ring substituents is 1. The Labute approximate surface area is 183 Å². The molecule has 10 nitrogen and oxygen atoms in total.